The van der Waals surface area contributed by atoms with E-state index in [4.69, 9.17) is 9.47 Å². The first-order valence-corrected chi connectivity index (χ1v) is 9.97. The molecule has 28 heavy (non-hydrogen) atoms. The Morgan fingerprint density at radius 1 is 1.14 bits per heavy atom. The standard InChI is InChI=1S/C19H21N3O5S/c1-13-4-7-16(8-5-13)28(24,25)22(3)11-19(23)21-20-14(2)15-6-9-17-18(10-15)27-12-26-17/h4-10H,11-12H2,1-3H3,(H,21,23)/b20-14+. The van der Waals surface area contributed by atoms with Crippen LogP contribution < -0.4 is 14.9 Å². The highest BCUT2D eigenvalue weighted by Gasteiger charge is 2.22. The minimum absolute atomic E-state index is 0.133. The molecular weight excluding hydrogens is 382 g/mol. The molecule has 1 heterocycles. The number of fused-ring (bicyclic) bond motifs is 1. The summed E-state index contributed by atoms with van der Waals surface area (Å²) in [4.78, 5) is 12.3. The Hall–Kier alpha value is -2.91. The minimum Gasteiger partial charge on any atom is -0.454 e. The summed E-state index contributed by atoms with van der Waals surface area (Å²) in [5, 5.41) is 4.04. The van der Waals surface area contributed by atoms with Crippen LogP contribution in [0.1, 0.15) is 18.1 Å². The molecule has 0 saturated heterocycles. The first-order valence-electron chi connectivity index (χ1n) is 8.53. The number of hydrazone groups is 1. The number of nitrogens with zero attached hydrogens (tertiary/aromatic N) is 2. The maximum Gasteiger partial charge on any atom is 0.255 e. The molecule has 8 nitrogen and oxygen atoms in total. The molecular formula is C19H21N3O5S. The summed E-state index contributed by atoms with van der Waals surface area (Å²) in [5.41, 5.74) is 4.64. The predicted octanol–water partition coefficient (Wildman–Crippen LogP) is 1.88. The van der Waals surface area contributed by atoms with Gasteiger partial charge in [-0.2, -0.15) is 9.41 Å². The Labute approximate surface area is 163 Å². The Morgan fingerprint density at radius 3 is 2.54 bits per heavy atom. The number of hydrogen-bond donors (Lipinski definition) is 1. The molecule has 0 saturated carbocycles. The first-order chi connectivity index (χ1) is 13.3. The van der Waals surface area contributed by atoms with Crippen molar-refractivity contribution in [2.45, 2.75) is 18.7 Å². The molecule has 0 aliphatic carbocycles. The molecule has 1 aliphatic rings. The SMILES string of the molecule is C/C(=N\NC(=O)CN(C)S(=O)(=O)c1ccc(C)cc1)c1ccc2c(c1)OCO2. The summed E-state index contributed by atoms with van der Waals surface area (Å²) in [6.45, 7) is 3.42. The largest absolute Gasteiger partial charge is 0.454 e. The van der Waals surface area contributed by atoms with E-state index in [1.165, 1.54) is 19.2 Å². The summed E-state index contributed by atoms with van der Waals surface area (Å²) in [5.74, 6) is 0.726. The molecule has 9 heteroatoms. The second-order valence-corrected chi connectivity index (χ2v) is 8.42. The second-order valence-electron chi connectivity index (χ2n) is 6.37. The number of carbonyl (C=O) groups excluding carboxylic acids is 1. The van der Waals surface area contributed by atoms with Gasteiger partial charge in [-0.3, -0.25) is 4.79 Å². The molecule has 0 spiro atoms. The molecule has 3 rings (SSSR count). The van der Waals surface area contributed by atoms with E-state index in [2.05, 4.69) is 10.5 Å². The number of aryl methyl sites for hydroxylation is 1. The molecule has 0 aromatic heterocycles. The summed E-state index contributed by atoms with van der Waals surface area (Å²) < 4.78 is 36.6. The van der Waals surface area contributed by atoms with Gasteiger partial charge in [0.1, 0.15) is 0 Å². The highest BCUT2D eigenvalue weighted by molar-refractivity contribution is 7.89. The van der Waals surface area contributed by atoms with Crippen LogP contribution >= 0.6 is 0 Å². The zero-order chi connectivity index (χ0) is 20.3. The molecule has 1 N–H and O–H groups in total. The third-order valence-electron chi connectivity index (χ3n) is 4.23. The Kier molecular flexibility index (Phi) is 5.66. The lowest BCUT2D eigenvalue weighted by Gasteiger charge is -2.16. The second kappa shape index (κ2) is 7.99. The van der Waals surface area contributed by atoms with Gasteiger partial charge in [0.25, 0.3) is 5.91 Å². The average Bonchev–Trinajstić information content (AvgIpc) is 3.14. The van der Waals surface area contributed by atoms with Crippen molar-refractivity contribution in [1.29, 1.82) is 0 Å². The maximum absolute atomic E-state index is 12.5. The van der Waals surface area contributed by atoms with Gasteiger partial charge in [0.05, 0.1) is 17.2 Å². The minimum atomic E-state index is -3.75. The number of nitrogens with one attached hydrogen (secondary N) is 1. The maximum atomic E-state index is 12.5. The number of benzene rings is 2. The van der Waals surface area contributed by atoms with E-state index in [1.54, 1.807) is 37.3 Å². The quantitative estimate of drug-likeness (QED) is 0.587. The van der Waals surface area contributed by atoms with E-state index >= 15 is 0 Å². The molecule has 2 aromatic rings. The third-order valence-corrected chi connectivity index (χ3v) is 6.05. The predicted molar refractivity (Wildman–Crippen MR) is 104 cm³/mol. The van der Waals surface area contributed by atoms with E-state index in [1.807, 2.05) is 6.92 Å². The van der Waals surface area contributed by atoms with E-state index in [-0.39, 0.29) is 18.2 Å². The lowest BCUT2D eigenvalue weighted by molar-refractivity contribution is -0.121. The fourth-order valence-electron chi connectivity index (χ4n) is 2.55. The van der Waals surface area contributed by atoms with Crippen LogP contribution in [-0.2, 0) is 14.8 Å². The number of carbonyl (C=O) groups is 1. The van der Waals surface area contributed by atoms with E-state index in [0.29, 0.717) is 17.2 Å². The van der Waals surface area contributed by atoms with Gasteiger partial charge < -0.3 is 9.47 Å². The smallest absolute Gasteiger partial charge is 0.255 e. The van der Waals surface area contributed by atoms with Crippen molar-refractivity contribution in [3.05, 3.63) is 53.6 Å². The van der Waals surface area contributed by atoms with Gasteiger partial charge in [-0.25, -0.2) is 13.8 Å². The number of sulfonamides is 1. The molecule has 0 atom stereocenters. The fourth-order valence-corrected chi connectivity index (χ4v) is 3.67. The first kappa shape index (κ1) is 19.8. The van der Waals surface area contributed by atoms with Crippen molar-refractivity contribution in [1.82, 2.24) is 9.73 Å². The number of hydrogen-bond acceptors (Lipinski definition) is 6. The topological polar surface area (TPSA) is 97.3 Å². The fraction of sp³-hybridized carbons (Fsp3) is 0.263. The van der Waals surface area contributed by atoms with Gasteiger partial charge in [0.15, 0.2) is 11.5 Å². The summed E-state index contributed by atoms with van der Waals surface area (Å²) in [7, 11) is -2.40. The molecule has 1 amide bonds. The van der Waals surface area contributed by atoms with Gasteiger partial charge in [0.2, 0.25) is 16.8 Å². The van der Waals surface area contributed by atoms with E-state index in [0.717, 1.165) is 15.4 Å². The molecule has 0 radical (unpaired) electrons. The molecule has 2 aromatic carbocycles. The number of amides is 1. The van der Waals surface area contributed by atoms with Gasteiger partial charge in [-0.05, 0) is 44.2 Å². The van der Waals surface area contributed by atoms with Crippen molar-refractivity contribution in [3.63, 3.8) is 0 Å². The Morgan fingerprint density at radius 2 is 1.82 bits per heavy atom. The summed E-state index contributed by atoms with van der Waals surface area (Å²) in [6.07, 6.45) is 0. The van der Waals surface area contributed by atoms with Crippen molar-refractivity contribution in [3.8, 4) is 11.5 Å². The van der Waals surface area contributed by atoms with Crippen molar-refractivity contribution in [2.24, 2.45) is 5.10 Å². The molecule has 1 aliphatic heterocycles. The van der Waals surface area contributed by atoms with Gasteiger partial charge >= 0.3 is 0 Å². The van der Waals surface area contributed by atoms with Crippen LogP contribution in [0.25, 0.3) is 0 Å². The summed E-state index contributed by atoms with van der Waals surface area (Å²) >= 11 is 0. The van der Waals surface area contributed by atoms with Crippen molar-refractivity contribution >= 4 is 21.6 Å². The van der Waals surface area contributed by atoms with Gasteiger partial charge in [-0.15, -0.1) is 0 Å². The lowest BCUT2D eigenvalue weighted by Crippen LogP contribution is -2.36. The van der Waals surface area contributed by atoms with Crippen LogP contribution in [0.5, 0.6) is 11.5 Å². The van der Waals surface area contributed by atoms with E-state index < -0.39 is 15.9 Å². The molecule has 148 valence electrons. The third kappa shape index (κ3) is 4.32. The van der Waals surface area contributed by atoms with Crippen LogP contribution in [0.4, 0.5) is 0 Å². The van der Waals surface area contributed by atoms with Crippen LogP contribution in [0.15, 0.2) is 52.5 Å². The Balaban J connectivity index is 1.63. The highest BCUT2D eigenvalue weighted by Crippen LogP contribution is 2.32. The zero-order valence-electron chi connectivity index (χ0n) is 15.8. The zero-order valence-corrected chi connectivity index (χ0v) is 16.6. The van der Waals surface area contributed by atoms with E-state index in [9.17, 15) is 13.2 Å². The number of rotatable bonds is 6. The summed E-state index contributed by atoms with van der Waals surface area (Å²) in [6, 6.07) is 11.8. The molecule has 0 unspecified atom stereocenters. The molecule has 0 fully saturated rings. The Bertz CT molecular complexity index is 1020. The normalized spacial score (nSPS) is 13.6. The number of likely N-dealkylation sites (N-methyl/N-ethyl adjacent to an activating group) is 1. The monoisotopic (exact) mass is 403 g/mol. The van der Waals surface area contributed by atoms with Gasteiger partial charge in [-0.1, -0.05) is 17.7 Å². The van der Waals surface area contributed by atoms with Gasteiger partial charge in [0, 0.05) is 12.6 Å². The van der Waals surface area contributed by atoms with Crippen molar-refractivity contribution in [2.75, 3.05) is 20.4 Å². The van der Waals surface area contributed by atoms with Crippen LogP contribution in [0.2, 0.25) is 0 Å². The average molecular weight is 403 g/mol. The van der Waals surface area contributed by atoms with Crippen LogP contribution in [-0.4, -0.2) is 44.7 Å². The lowest BCUT2D eigenvalue weighted by atomic mass is 10.1. The highest BCUT2D eigenvalue weighted by atomic mass is 32.2. The molecule has 0 bridgehead atoms. The van der Waals surface area contributed by atoms with Crippen LogP contribution in [0.3, 0.4) is 0 Å². The number of ether oxygens (including phenoxy) is 2. The van der Waals surface area contributed by atoms with Crippen LogP contribution in [0, 0.1) is 6.92 Å². The van der Waals surface area contributed by atoms with Crippen molar-refractivity contribution < 1.29 is 22.7 Å².